The Morgan fingerprint density at radius 1 is 1.05 bits per heavy atom. The average molecular weight is 365 g/mol. The minimum absolute atomic E-state index is 0.209. The molecule has 0 amide bonds. The minimum atomic E-state index is -0.209. The zero-order valence-corrected chi connectivity index (χ0v) is 14.4. The summed E-state index contributed by atoms with van der Waals surface area (Å²) >= 11 is 3.28. The van der Waals surface area contributed by atoms with Gasteiger partial charge in [0.1, 0.15) is 5.82 Å². The fourth-order valence-electron chi connectivity index (χ4n) is 2.62. The molecule has 2 aromatic rings. The molecule has 0 fully saturated rings. The van der Waals surface area contributed by atoms with Crippen LogP contribution in [0.2, 0.25) is 0 Å². The van der Waals surface area contributed by atoms with E-state index in [1.807, 2.05) is 18.2 Å². The summed E-state index contributed by atoms with van der Waals surface area (Å²) < 4.78 is 14.7. The molecular formula is C19H22BrFO. The lowest BCUT2D eigenvalue weighted by molar-refractivity contribution is 0.282. The molecule has 1 nitrogen and oxygen atoms in total. The molecule has 0 aliphatic heterocycles. The van der Waals surface area contributed by atoms with Crippen LogP contribution >= 0.6 is 15.9 Å². The molecule has 118 valence electrons. The summed E-state index contributed by atoms with van der Waals surface area (Å²) in [6.45, 7) is 2.50. The first kappa shape index (κ1) is 17.2. The van der Waals surface area contributed by atoms with E-state index in [9.17, 15) is 4.39 Å². The zero-order chi connectivity index (χ0) is 15.9. The van der Waals surface area contributed by atoms with E-state index < -0.39 is 0 Å². The number of hydrogen-bond donors (Lipinski definition) is 1. The molecule has 0 bridgehead atoms. The van der Waals surface area contributed by atoms with Crippen molar-refractivity contribution in [3.8, 4) is 11.1 Å². The Morgan fingerprint density at radius 3 is 2.41 bits per heavy atom. The van der Waals surface area contributed by atoms with Gasteiger partial charge in [-0.05, 0) is 42.0 Å². The van der Waals surface area contributed by atoms with Crippen LogP contribution in [0.4, 0.5) is 4.39 Å². The first-order valence-corrected chi connectivity index (χ1v) is 8.57. The van der Waals surface area contributed by atoms with Crippen LogP contribution in [0.25, 0.3) is 11.1 Å². The lowest BCUT2D eigenvalue weighted by atomic mass is 9.93. The summed E-state index contributed by atoms with van der Waals surface area (Å²) in [5.41, 5.74) is 2.82. The topological polar surface area (TPSA) is 20.2 Å². The van der Waals surface area contributed by atoms with Crippen molar-refractivity contribution in [1.29, 1.82) is 0 Å². The van der Waals surface area contributed by atoms with E-state index in [0.717, 1.165) is 35.7 Å². The highest BCUT2D eigenvalue weighted by Crippen LogP contribution is 2.28. The van der Waals surface area contributed by atoms with Gasteiger partial charge in [-0.15, -0.1) is 0 Å². The summed E-state index contributed by atoms with van der Waals surface area (Å²) in [6.07, 6.45) is 4.20. The van der Waals surface area contributed by atoms with Gasteiger partial charge in [-0.2, -0.15) is 0 Å². The Bertz CT molecular complexity index is 595. The van der Waals surface area contributed by atoms with Gasteiger partial charge in [0.05, 0.1) is 0 Å². The van der Waals surface area contributed by atoms with Gasteiger partial charge in [-0.1, -0.05) is 66.0 Å². The first-order chi connectivity index (χ1) is 10.6. The van der Waals surface area contributed by atoms with Crippen LogP contribution in [0, 0.1) is 5.82 Å². The Kier molecular flexibility index (Phi) is 6.59. The van der Waals surface area contributed by atoms with Gasteiger partial charge in [-0.3, -0.25) is 0 Å². The number of benzene rings is 2. The Hall–Kier alpha value is -1.19. The van der Waals surface area contributed by atoms with Crippen LogP contribution in [-0.2, 0) is 0 Å². The molecular weight excluding hydrogens is 343 g/mol. The van der Waals surface area contributed by atoms with Gasteiger partial charge in [-0.25, -0.2) is 4.39 Å². The molecule has 3 heteroatoms. The molecule has 0 saturated heterocycles. The van der Waals surface area contributed by atoms with Crippen molar-refractivity contribution >= 4 is 15.9 Å². The smallest absolute Gasteiger partial charge is 0.132 e. The number of halogens is 2. The zero-order valence-electron chi connectivity index (χ0n) is 12.9. The van der Waals surface area contributed by atoms with Crippen molar-refractivity contribution < 1.29 is 9.50 Å². The third kappa shape index (κ3) is 4.65. The highest BCUT2D eigenvalue weighted by Gasteiger charge is 2.08. The monoisotopic (exact) mass is 364 g/mol. The molecule has 2 rings (SSSR count). The van der Waals surface area contributed by atoms with E-state index in [1.54, 1.807) is 6.07 Å². The maximum Gasteiger partial charge on any atom is 0.132 e. The second kappa shape index (κ2) is 8.44. The molecule has 0 aliphatic rings. The highest BCUT2D eigenvalue weighted by atomic mass is 79.9. The van der Waals surface area contributed by atoms with Crippen molar-refractivity contribution in [3.63, 3.8) is 0 Å². The van der Waals surface area contributed by atoms with Gasteiger partial charge < -0.3 is 5.11 Å². The standard InChI is InChI=1S/C19H22BrFO/c1-14(5-3-2-4-12-22)15-6-8-16(9-7-15)18-11-10-17(20)13-19(18)21/h6-11,13-14,22H,2-5,12H2,1H3. The summed E-state index contributed by atoms with van der Waals surface area (Å²) in [7, 11) is 0. The fourth-order valence-corrected chi connectivity index (χ4v) is 2.95. The van der Waals surface area contributed by atoms with E-state index in [1.165, 1.54) is 11.6 Å². The molecule has 0 heterocycles. The summed E-state index contributed by atoms with van der Waals surface area (Å²) in [4.78, 5) is 0. The summed E-state index contributed by atoms with van der Waals surface area (Å²) in [6, 6.07) is 13.3. The number of rotatable bonds is 7. The van der Waals surface area contributed by atoms with Crippen LogP contribution in [0.3, 0.4) is 0 Å². The van der Waals surface area contributed by atoms with Crippen LogP contribution in [0.5, 0.6) is 0 Å². The lowest BCUT2D eigenvalue weighted by Crippen LogP contribution is -1.95. The Labute approximate surface area is 140 Å². The van der Waals surface area contributed by atoms with Crippen molar-refractivity contribution in [2.75, 3.05) is 6.61 Å². The fraction of sp³-hybridized carbons (Fsp3) is 0.368. The van der Waals surface area contributed by atoms with Crippen molar-refractivity contribution in [2.45, 2.75) is 38.5 Å². The second-order valence-electron chi connectivity index (χ2n) is 5.72. The van der Waals surface area contributed by atoms with E-state index in [2.05, 4.69) is 35.0 Å². The quantitative estimate of drug-likeness (QED) is 0.605. The summed E-state index contributed by atoms with van der Waals surface area (Å²) in [5, 5.41) is 8.79. The largest absolute Gasteiger partial charge is 0.396 e. The number of hydrogen-bond acceptors (Lipinski definition) is 1. The second-order valence-corrected chi connectivity index (χ2v) is 6.64. The summed E-state index contributed by atoms with van der Waals surface area (Å²) in [5.74, 6) is 0.279. The predicted molar refractivity (Wildman–Crippen MR) is 93.5 cm³/mol. The number of aliphatic hydroxyl groups excluding tert-OH is 1. The molecule has 0 aliphatic carbocycles. The van der Waals surface area contributed by atoms with Gasteiger partial charge in [0.15, 0.2) is 0 Å². The molecule has 0 spiro atoms. The number of aliphatic hydroxyl groups is 1. The van der Waals surface area contributed by atoms with Gasteiger partial charge in [0.25, 0.3) is 0 Å². The van der Waals surface area contributed by atoms with Crippen LogP contribution in [0.1, 0.15) is 44.1 Å². The van der Waals surface area contributed by atoms with E-state index >= 15 is 0 Å². The van der Waals surface area contributed by atoms with Crippen LogP contribution in [-0.4, -0.2) is 11.7 Å². The molecule has 1 N–H and O–H groups in total. The van der Waals surface area contributed by atoms with Gasteiger partial charge in [0, 0.05) is 16.6 Å². The minimum Gasteiger partial charge on any atom is -0.396 e. The number of unbranched alkanes of at least 4 members (excludes halogenated alkanes) is 2. The molecule has 22 heavy (non-hydrogen) atoms. The molecule has 2 aromatic carbocycles. The maximum atomic E-state index is 14.0. The maximum absolute atomic E-state index is 14.0. The molecule has 1 atom stereocenters. The molecule has 1 unspecified atom stereocenters. The van der Waals surface area contributed by atoms with Crippen molar-refractivity contribution in [2.24, 2.45) is 0 Å². The van der Waals surface area contributed by atoms with E-state index in [0.29, 0.717) is 11.5 Å². The molecule has 0 radical (unpaired) electrons. The molecule has 0 aromatic heterocycles. The van der Waals surface area contributed by atoms with Crippen LogP contribution < -0.4 is 0 Å². The normalized spacial score (nSPS) is 12.4. The third-order valence-corrected chi connectivity index (χ3v) is 4.51. The van der Waals surface area contributed by atoms with Crippen LogP contribution in [0.15, 0.2) is 46.9 Å². The Morgan fingerprint density at radius 2 is 1.77 bits per heavy atom. The average Bonchev–Trinajstić information content (AvgIpc) is 2.52. The predicted octanol–water partition coefficient (Wildman–Crippen LogP) is 5.91. The van der Waals surface area contributed by atoms with Gasteiger partial charge in [0.2, 0.25) is 0 Å². The van der Waals surface area contributed by atoms with E-state index in [-0.39, 0.29) is 12.4 Å². The molecule has 0 saturated carbocycles. The first-order valence-electron chi connectivity index (χ1n) is 7.78. The van der Waals surface area contributed by atoms with Crippen molar-refractivity contribution in [3.05, 3.63) is 58.3 Å². The SMILES string of the molecule is CC(CCCCCO)c1ccc(-c2ccc(Br)cc2F)cc1. The van der Waals surface area contributed by atoms with E-state index in [4.69, 9.17) is 5.11 Å². The third-order valence-electron chi connectivity index (χ3n) is 4.02. The Balaban J connectivity index is 2.03. The lowest BCUT2D eigenvalue weighted by Gasteiger charge is -2.13. The highest BCUT2D eigenvalue weighted by molar-refractivity contribution is 9.10. The van der Waals surface area contributed by atoms with Gasteiger partial charge >= 0.3 is 0 Å². The van der Waals surface area contributed by atoms with Crippen molar-refractivity contribution in [1.82, 2.24) is 0 Å².